The summed E-state index contributed by atoms with van der Waals surface area (Å²) in [5.74, 6) is 0.365. The minimum Gasteiger partial charge on any atom is -0.395 e. The van der Waals surface area contributed by atoms with Gasteiger partial charge in [-0.1, -0.05) is 66.2 Å². The zero-order valence-corrected chi connectivity index (χ0v) is 39.3. The monoisotopic (exact) mass is 927 g/mol. The van der Waals surface area contributed by atoms with Crippen LogP contribution in [-0.2, 0) is 28.4 Å². The quantitative estimate of drug-likeness (QED) is 0.141. The molecule has 6 fully saturated rings. The molecule has 8 aliphatic rings. The fourth-order valence-electron chi connectivity index (χ4n) is 14.4. The third kappa shape index (κ3) is 7.87. The van der Waals surface area contributed by atoms with E-state index in [2.05, 4.69) is 60.6 Å². The number of rotatable bonds is 9. The van der Waals surface area contributed by atoms with E-state index in [1.54, 1.807) is 0 Å². The molecule has 3 saturated heterocycles. The van der Waals surface area contributed by atoms with Gasteiger partial charge in [-0.2, -0.15) is 0 Å². The molecule has 0 radical (unpaired) electrons. The molecule has 5 aliphatic carbocycles. The predicted octanol–water partition coefficient (Wildman–Crippen LogP) is 0.532. The van der Waals surface area contributed by atoms with Crippen molar-refractivity contribution in [2.75, 3.05) is 19.8 Å². The normalized spacial score (nSPS) is 54.0. The molecule has 17 nitrogen and oxygen atoms in total. The van der Waals surface area contributed by atoms with E-state index in [-0.39, 0.29) is 40.1 Å². The Morgan fingerprint density at radius 3 is 1.95 bits per heavy atom. The number of aliphatic hydroxyl groups excluding tert-OH is 11. The molecule has 0 aromatic heterocycles. The molecule has 23 atom stereocenters. The van der Waals surface area contributed by atoms with Gasteiger partial charge < -0.3 is 84.6 Å². The standard InChI is InChI=1S/C48H78O17/c1-22-31(52)33(54)36(57)41(61-22)65-39-25(19-49)62-40(38(59)35(39)56)60-20-26-32(53)34(55)37(58)42(63-26)64-30-12-13-45(6)27(44(30,4)5)11-14-46(7)28(45)10-9-23-24-17-43(2,3)15-16-48(24,21-50)29(51)18-47(23,46)8/h9-10,22,25-42,49-59H,11-21H2,1-8H3/t22-,25-,26-,27-,28+,29-,30+,31-,32-,33+,34+,35-,36-,37-,38-,39-,40-,41+,42+,45-,46+,47+,48-/m0/s1. The first-order valence-electron chi connectivity index (χ1n) is 24.0. The Morgan fingerprint density at radius 1 is 0.662 bits per heavy atom. The van der Waals surface area contributed by atoms with Crippen LogP contribution in [0.4, 0.5) is 0 Å². The molecule has 372 valence electrons. The molecule has 0 unspecified atom stereocenters. The highest BCUT2D eigenvalue weighted by atomic mass is 16.8. The van der Waals surface area contributed by atoms with Gasteiger partial charge in [-0.3, -0.25) is 0 Å². The summed E-state index contributed by atoms with van der Waals surface area (Å²) in [7, 11) is 0. The maximum absolute atomic E-state index is 12.0. The van der Waals surface area contributed by atoms with Gasteiger partial charge in [-0.15, -0.1) is 0 Å². The summed E-state index contributed by atoms with van der Waals surface area (Å²) < 4.78 is 35.5. The minimum atomic E-state index is -1.80. The number of hydrogen-bond acceptors (Lipinski definition) is 17. The van der Waals surface area contributed by atoms with Crippen LogP contribution in [0.15, 0.2) is 23.3 Å². The Balaban J connectivity index is 0.950. The highest BCUT2D eigenvalue weighted by Crippen LogP contribution is 2.74. The van der Waals surface area contributed by atoms with Gasteiger partial charge in [-0.05, 0) is 97.4 Å². The first-order chi connectivity index (χ1) is 30.3. The molecule has 3 saturated carbocycles. The molecule has 0 spiro atoms. The van der Waals surface area contributed by atoms with Gasteiger partial charge in [0.25, 0.3) is 0 Å². The second kappa shape index (κ2) is 17.6. The summed E-state index contributed by atoms with van der Waals surface area (Å²) in [5, 5.41) is 119. The van der Waals surface area contributed by atoms with E-state index in [9.17, 15) is 56.2 Å². The van der Waals surface area contributed by atoms with Crippen molar-refractivity contribution < 1.29 is 84.6 Å². The lowest BCUT2D eigenvalue weighted by Crippen LogP contribution is -2.66. The Hall–Kier alpha value is -1.20. The Labute approximate surface area is 382 Å². The molecule has 0 amide bonds. The summed E-state index contributed by atoms with van der Waals surface area (Å²) in [6.45, 7) is 16.3. The molecule has 65 heavy (non-hydrogen) atoms. The zero-order chi connectivity index (χ0) is 47.6. The maximum atomic E-state index is 12.0. The largest absolute Gasteiger partial charge is 0.395 e. The molecule has 17 heteroatoms. The fraction of sp³-hybridized carbons (Fsp3) is 0.917. The summed E-state index contributed by atoms with van der Waals surface area (Å²) in [5.41, 5.74) is 0.937. The van der Waals surface area contributed by atoms with Crippen LogP contribution in [-0.4, -0.2) is 180 Å². The number of aliphatic hydroxyl groups is 11. The molecular formula is C48H78O17. The van der Waals surface area contributed by atoms with Crippen molar-refractivity contribution in [2.24, 2.45) is 44.3 Å². The second-order valence-corrected chi connectivity index (χ2v) is 23.3. The van der Waals surface area contributed by atoms with Crippen LogP contribution in [0.5, 0.6) is 0 Å². The number of hydrogen-bond donors (Lipinski definition) is 11. The van der Waals surface area contributed by atoms with Crippen molar-refractivity contribution in [3.63, 3.8) is 0 Å². The lowest BCUT2D eigenvalue weighted by molar-refractivity contribution is -0.365. The topological polar surface area (TPSA) is 278 Å². The average Bonchev–Trinajstić information content (AvgIpc) is 3.24. The van der Waals surface area contributed by atoms with E-state index >= 15 is 0 Å². The average molecular weight is 927 g/mol. The molecule has 0 aromatic carbocycles. The molecule has 0 aromatic rings. The van der Waals surface area contributed by atoms with Crippen LogP contribution in [0.1, 0.15) is 107 Å². The highest BCUT2D eigenvalue weighted by Gasteiger charge is 2.68. The van der Waals surface area contributed by atoms with Crippen LogP contribution in [0.2, 0.25) is 0 Å². The van der Waals surface area contributed by atoms with E-state index < -0.39 is 128 Å². The maximum Gasteiger partial charge on any atom is 0.187 e. The van der Waals surface area contributed by atoms with E-state index in [0.717, 1.165) is 38.5 Å². The first-order valence-corrected chi connectivity index (χ1v) is 24.0. The number of fused-ring (bicyclic) bond motifs is 6. The lowest BCUT2D eigenvalue weighted by Gasteiger charge is -2.70. The molecule has 3 heterocycles. The predicted molar refractivity (Wildman–Crippen MR) is 230 cm³/mol. The first kappa shape index (κ1) is 50.2. The van der Waals surface area contributed by atoms with Gasteiger partial charge >= 0.3 is 0 Å². The smallest absolute Gasteiger partial charge is 0.187 e. The van der Waals surface area contributed by atoms with Crippen LogP contribution >= 0.6 is 0 Å². The SMILES string of the molecule is C[C@@H]1O[C@H](O[C@@H]2[C@@H](O)[C@H](O)[C@@H](OC[C@@H]3O[C@H](O[C@@H]4CC[C@]5(C)[C@H]6C=CC7=C8CC(C)(C)CC[C@@]8(CO)[C@@H](O)C[C@@]7(C)[C@]6(C)CC[C@H]5C4(C)C)[C@@H](O)[C@H](O)[C@H]3O)O[C@H]2CO)[C@@H](O)[C@H](O)[C@H]1O. The van der Waals surface area contributed by atoms with Crippen molar-refractivity contribution in [1.82, 2.24) is 0 Å². The van der Waals surface area contributed by atoms with Gasteiger partial charge in [0.15, 0.2) is 18.9 Å². The second-order valence-electron chi connectivity index (χ2n) is 23.3. The molecule has 8 rings (SSSR count). The van der Waals surface area contributed by atoms with Gasteiger partial charge in [0.2, 0.25) is 0 Å². The van der Waals surface area contributed by atoms with Crippen LogP contribution < -0.4 is 0 Å². The summed E-state index contributed by atoms with van der Waals surface area (Å²) in [6.07, 6.45) is -12.7. The molecule has 0 bridgehead atoms. The van der Waals surface area contributed by atoms with E-state index in [4.69, 9.17) is 28.4 Å². The summed E-state index contributed by atoms with van der Waals surface area (Å²) in [6, 6.07) is 0. The van der Waals surface area contributed by atoms with Crippen LogP contribution in [0.3, 0.4) is 0 Å². The zero-order valence-electron chi connectivity index (χ0n) is 39.3. The van der Waals surface area contributed by atoms with Crippen molar-refractivity contribution in [1.29, 1.82) is 0 Å². The Bertz CT molecular complexity index is 1790. The highest BCUT2D eigenvalue weighted by molar-refractivity contribution is 5.47. The van der Waals surface area contributed by atoms with Gasteiger partial charge in [0.05, 0.1) is 38.1 Å². The number of ether oxygens (including phenoxy) is 6. The number of allylic oxidation sites excluding steroid dienone is 3. The Morgan fingerprint density at radius 2 is 1.29 bits per heavy atom. The van der Waals surface area contributed by atoms with Crippen molar-refractivity contribution in [3.8, 4) is 0 Å². The lowest BCUT2D eigenvalue weighted by atomic mass is 9.35. The van der Waals surface area contributed by atoms with E-state index in [0.29, 0.717) is 12.8 Å². The molecule has 11 N–H and O–H groups in total. The van der Waals surface area contributed by atoms with Crippen molar-refractivity contribution in [3.05, 3.63) is 23.3 Å². The molecule has 3 aliphatic heterocycles. The van der Waals surface area contributed by atoms with Crippen molar-refractivity contribution in [2.45, 2.75) is 211 Å². The van der Waals surface area contributed by atoms with E-state index in [1.807, 2.05) is 0 Å². The van der Waals surface area contributed by atoms with Crippen LogP contribution in [0.25, 0.3) is 0 Å². The summed E-state index contributed by atoms with van der Waals surface area (Å²) >= 11 is 0. The van der Waals surface area contributed by atoms with Crippen LogP contribution in [0, 0.1) is 44.3 Å². The van der Waals surface area contributed by atoms with Gasteiger partial charge in [-0.25, -0.2) is 0 Å². The molecular weight excluding hydrogens is 849 g/mol. The Kier molecular flexibility index (Phi) is 13.6. The van der Waals surface area contributed by atoms with Gasteiger partial charge in [0, 0.05) is 10.8 Å². The minimum absolute atomic E-state index is 0.0555. The fourth-order valence-corrected chi connectivity index (χ4v) is 14.4. The van der Waals surface area contributed by atoms with Crippen molar-refractivity contribution >= 4 is 0 Å². The third-order valence-corrected chi connectivity index (χ3v) is 18.8. The third-order valence-electron chi connectivity index (χ3n) is 18.8. The summed E-state index contributed by atoms with van der Waals surface area (Å²) in [4.78, 5) is 0. The van der Waals surface area contributed by atoms with Gasteiger partial charge in [0.1, 0.15) is 67.1 Å². The van der Waals surface area contributed by atoms with E-state index in [1.165, 1.54) is 18.1 Å².